The van der Waals surface area contributed by atoms with Crippen molar-refractivity contribution < 1.29 is 4.79 Å². The lowest BCUT2D eigenvalue weighted by Crippen LogP contribution is -1.97. The molecular weight excluding hydrogens is 206 g/mol. The molecule has 0 saturated heterocycles. The number of Topliss-reactive ketones (excluding diaryl/α,β-unsaturated/α-hetero) is 1. The zero-order chi connectivity index (χ0) is 8.27. The second-order valence-electron chi connectivity index (χ2n) is 2.35. The molecule has 2 nitrogen and oxygen atoms in total. The molecule has 0 fully saturated rings. The van der Waals surface area contributed by atoms with E-state index in [9.17, 15) is 4.79 Å². The number of carbonyl (C=O) groups excluding carboxylic acids is 1. The summed E-state index contributed by atoms with van der Waals surface area (Å²) in [7, 11) is 0. The lowest BCUT2D eigenvalue weighted by atomic mass is 10.2. The number of ketones is 1. The normalized spacial score (nSPS) is 9.64. The van der Waals surface area contributed by atoms with Crippen molar-refractivity contribution in [3.05, 3.63) is 28.5 Å². The van der Waals surface area contributed by atoms with E-state index in [0.717, 1.165) is 10.0 Å². The predicted octanol–water partition coefficient (Wildman–Crippen LogP) is 1.98. The molecule has 0 spiro atoms. The SMILES string of the molecule is CC(=O)Cc1cnccc1Br. The minimum absolute atomic E-state index is 0.152. The molecule has 0 unspecified atom stereocenters. The third kappa shape index (κ3) is 2.42. The number of carbonyl (C=O) groups is 1. The number of hydrogen-bond donors (Lipinski definition) is 0. The van der Waals surface area contributed by atoms with Gasteiger partial charge >= 0.3 is 0 Å². The van der Waals surface area contributed by atoms with Crippen LogP contribution in [0.1, 0.15) is 12.5 Å². The number of rotatable bonds is 2. The molecule has 11 heavy (non-hydrogen) atoms. The quantitative estimate of drug-likeness (QED) is 0.753. The van der Waals surface area contributed by atoms with Crippen LogP contribution in [0.2, 0.25) is 0 Å². The molecule has 0 atom stereocenters. The number of pyridine rings is 1. The van der Waals surface area contributed by atoms with Gasteiger partial charge in [-0.05, 0) is 18.6 Å². The summed E-state index contributed by atoms with van der Waals surface area (Å²) in [5, 5.41) is 0. The molecule has 0 amide bonds. The Hall–Kier alpha value is -0.700. The van der Waals surface area contributed by atoms with Crippen molar-refractivity contribution in [3.8, 4) is 0 Å². The van der Waals surface area contributed by atoms with Crippen molar-refractivity contribution in [3.63, 3.8) is 0 Å². The second-order valence-corrected chi connectivity index (χ2v) is 3.20. The zero-order valence-corrected chi connectivity index (χ0v) is 7.76. The maximum atomic E-state index is 10.7. The Bertz CT molecular complexity index is 273. The van der Waals surface area contributed by atoms with Gasteiger partial charge in [-0.1, -0.05) is 15.9 Å². The molecule has 0 bridgehead atoms. The first-order valence-electron chi connectivity index (χ1n) is 3.28. The fraction of sp³-hybridized carbons (Fsp3) is 0.250. The maximum Gasteiger partial charge on any atom is 0.134 e. The van der Waals surface area contributed by atoms with Gasteiger partial charge in [0.2, 0.25) is 0 Å². The van der Waals surface area contributed by atoms with E-state index >= 15 is 0 Å². The molecule has 1 aromatic heterocycles. The molecule has 0 saturated carbocycles. The van der Waals surface area contributed by atoms with Crippen molar-refractivity contribution in [2.75, 3.05) is 0 Å². The topological polar surface area (TPSA) is 30.0 Å². The minimum atomic E-state index is 0.152. The molecule has 0 aromatic carbocycles. The number of halogens is 1. The first-order chi connectivity index (χ1) is 5.20. The molecule has 1 aromatic rings. The zero-order valence-electron chi connectivity index (χ0n) is 6.17. The van der Waals surface area contributed by atoms with Gasteiger partial charge in [0.05, 0.1) is 0 Å². The summed E-state index contributed by atoms with van der Waals surface area (Å²) in [6.07, 6.45) is 3.84. The van der Waals surface area contributed by atoms with E-state index in [-0.39, 0.29) is 5.78 Å². The summed E-state index contributed by atoms with van der Waals surface area (Å²) >= 11 is 3.33. The van der Waals surface area contributed by atoms with Gasteiger partial charge in [-0.2, -0.15) is 0 Å². The lowest BCUT2D eigenvalue weighted by molar-refractivity contribution is -0.116. The van der Waals surface area contributed by atoms with E-state index in [1.165, 1.54) is 0 Å². The molecule has 0 N–H and O–H groups in total. The first-order valence-corrected chi connectivity index (χ1v) is 4.07. The van der Waals surface area contributed by atoms with Crippen LogP contribution in [0.15, 0.2) is 22.9 Å². The van der Waals surface area contributed by atoms with Gasteiger partial charge in [0, 0.05) is 23.3 Å². The van der Waals surface area contributed by atoms with E-state index in [1.54, 1.807) is 19.3 Å². The van der Waals surface area contributed by atoms with Crippen LogP contribution in [0.3, 0.4) is 0 Å². The van der Waals surface area contributed by atoms with Crippen LogP contribution in [0.25, 0.3) is 0 Å². The van der Waals surface area contributed by atoms with E-state index in [2.05, 4.69) is 20.9 Å². The van der Waals surface area contributed by atoms with Gasteiger partial charge in [0.1, 0.15) is 5.78 Å². The van der Waals surface area contributed by atoms with Gasteiger partial charge in [0.15, 0.2) is 0 Å². The molecule has 0 aliphatic rings. The summed E-state index contributed by atoms with van der Waals surface area (Å²) < 4.78 is 0.947. The fourth-order valence-corrected chi connectivity index (χ4v) is 1.17. The molecule has 0 aliphatic heterocycles. The molecule has 0 aliphatic carbocycles. The highest BCUT2D eigenvalue weighted by atomic mass is 79.9. The average molecular weight is 214 g/mol. The molecule has 1 rings (SSSR count). The van der Waals surface area contributed by atoms with E-state index < -0.39 is 0 Å². The highest BCUT2D eigenvalue weighted by Gasteiger charge is 2.00. The van der Waals surface area contributed by atoms with Gasteiger partial charge < -0.3 is 0 Å². The highest BCUT2D eigenvalue weighted by Crippen LogP contribution is 2.14. The average Bonchev–Trinajstić information content (AvgIpc) is 1.93. The van der Waals surface area contributed by atoms with Crippen molar-refractivity contribution in [2.24, 2.45) is 0 Å². The van der Waals surface area contributed by atoms with Crippen LogP contribution in [-0.2, 0) is 11.2 Å². The Morgan fingerprint density at radius 3 is 3.00 bits per heavy atom. The minimum Gasteiger partial charge on any atom is -0.300 e. The van der Waals surface area contributed by atoms with Gasteiger partial charge in [-0.15, -0.1) is 0 Å². The number of hydrogen-bond acceptors (Lipinski definition) is 2. The largest absolute Gasteiger partial charge is 0.300 e. The van der Waals surface area contributed by atoms with Gasteiger partial charge in [-0.3, -0.25) is 9.78 Å². The van der Waals surface area contributed by atoms with E-state index in [1.807, 2.05) is 6.07 Å². The van der Waals surface area contributed by atoms with Crippen LogP contribution in [0, 0.1) is 0 Å². The van der Waals surface area contributed by atoms with E-state index in [0.29, 0.717) is 6.42 Å². The summed E-state index contributed by atoms with van der Waals surface area (Å²) in [5.74, 6) is 0.152. The van der Waals surface area contributed by atoms with Gasteiger partial charge in [0.25, 0.3) is 0 Å². The van der Waals surface area contributed by atoms with Crippen molar-refractivity contribution in [1.82, 2.24) is 4.98 Å². The Morgan fingerprint density at radius 2 is 2.45 bits per heavy atom. The second kappa shape index (κ2) is 3.62. The third-order valence-corrected chi connectivity index (χ3v) is 2.06. The molecule has 3 heteroatoms. The molecule has 0 radical (unpaired) electrons. The first kappa shape index (κ1) is 8.40. The molecular formula is C8H8BrNO. The number of nitrogens with zero attached hydrogens (tertiary/aromatic N) is 1. The maximum absolute atomic E-state index is 10.7. The van der Waals surface area contributed by atoms with Crippen molar-refractivity contribution in [1.29, 1.82) is 0 Å². The van der Waals surface area contributed by atoms with E-state index in [4.69, 9.17) is 0 Å². The fourth-order valence-electron chi connectivity index (χ4n) is 0.808. The lowest BCUT2D eigenvalue weighted by Gasteiger charge is -1.98. The van der Waals surface area contributed by atoms with Crippen LogP contribution >= 0.6 is 15.9 Å². The summed E-state index contributed by atoms with van der Waals surface area (Å²) in [6.45, 7) is 1.57. The monoisotopic (exact) mass is 213 g/mol. The Labute approximate surface area is 73.8 Å². The molecule has 1 heterocycles. The van der Waals surface area contributed by atoms with Crippen LogP contribution in [0.5, 0.6) is 0 Å². The Morgan fingerprint density at radius 1 is 1.73 bits per heavy atom. The van der Waals surface area contributed by atoms with Crippen LogP contribution in [-0.4, -0.2) is 10.8 Å². The summed E-state index contributed by atoms with van der Waals surface area (Å²) in [5.41, 5.74) is 0.944. The van der Waals surface area contributed by atoms with Gasteiger partial charge in [-0.25, -0.2) is 0 Å². The van der Waals surface area contributed by atoms with Crippen LogP contribution < -0.4 is 0 Å². The predicted molar refractivity (Wildman–Crippen MR) is 46.3 cm³/mol. The van der Waals surface area contributed by atoms with Crippen molar-refractivity contribution in [2.45, 2.75) is 13.3 Å². The van der Waals surface area contributed by atoms with Crippen molar-refractivity contribution >= 4 is 21.7 Å². The third-order valence-electron chi connectivity index (χ3n) is 1.28. The highest BCUT2D eigenvalue weighted by molar-refractivity contribution is 9.10. The Balaban J connectivity index is 2.86. The number of aromatic nitrogens is 1. The smallest absolute Gasteiger partial charge is 0.134 e. The summed E-state index contributed by atoms with van der Waals surface area (Å²) in [4.78, 5) is 14.6. The Kier molecular flexibility index (Phi) is 2.76. The van der Waals surface area contributed by atoms with Crippen LogP contribution in [0.4, 0.5) is 0 Å². The standard InChI is InChI=1S/C8H8BrNO/c1-6(11)4-7-5-10-3-2-8(7)9/h2-3,5H,4H2,1H3. The summed E-state index contributed by atoms with van der Waals surface area (Å²) in [6, 6.07) is 1.83. The molecule has 58 valence electrons.